The average molecular weight is 266 g/mol. The molecular weight excluding hydrogens is 252 g/mol. The Labute approximate surface area is 116 Å². The maximum atomic E-state index is 9.02. The van der Waals surface area contributed by atoms with Gasteiger partial charge in [0.05, 0.1) is 28.7 Å². The summed E-state index contributed by atoms with van der Waals surface area (Å²) in [6, 6.07) is 11.2. The monoisotopic (exact) mass is 266 g/mol. The molecule has 0 spiro atoms. The first-order valence-corrected chi connectivity index (χ1v) is 6.34. The van der Waals surface area contributed by atoms with E-state index in [1.807, 2.05) is 30.5 Å². The molecule has 3 rings (SSSR count). The van der Waals surface area contributed by atoms with Gasteiger partial charge in [-0.25, -0.2) is 4.98 Å². The standard InChI is InChI=1S/C15H14N4O/c1-9-3-6-14(20-9)10(2)19-13-7-11(8-16)4-5-12(13)18-15(19)17/h3-7,10H,1-2H3,(H2,17,18). The molecular formula is C15H14N4O. The molecule has 2 heterocycles. The fourth-order valence-corrected chi connectivity index (χ4v) is 2.39. The van der Waals surface area contributed by atoms with E-state index < -0.39 is 0 Å². The quantitative estimate of drug-likeness (QED) is 0.773. The van der Waals surface area contributed by atoms with Crippen molar-refractivity contribution >= 4 is 17.0 Å². The first kappa shape index (κ1) is 12.3. The number of nitrogen functional groups attached to an aromatic ring is 1. The van der Waals surface area contributed by atoms with Crippen LogP contribution < -0.4 is 5.73 Å². The van der Waals surface area contributed by atoms with E-state index in [1.165, 1.54) is 0 Å². The molecule has 20 heavy (non-hydrogen) atoms. The number of hydrogen-bond donors (Lipinski definition) is 1. The number of nitrogens with zero attached hydrogens (tertiary/aromatic N) is 3. The largest absolute Gasteiger partial charge is 0.464 e. The van der Waals surface area contributed by atoms with Gasteiger partial charge in [0.1, 0.15) is 11.5 Å². The molecule has 0 saturated heterocycles. The van der Waals surface area contributed by atoms with E-state index >= 15 is 0 Å². The van der Waals surface area contributed by atoms with Gasteiger partial charge in [0, 0.05) is 0 Å². The Morgan fingerprint density at radius 3 is 2.80 bits per heavy atom. The van der Waals surface area contributed by atoms with Gasteiger partial charge < -0.3 is 10.2 Å². The molecule has 5 nitrogen and oxygen atoms in total. The highest BCUT2D eigenvalue weighted by Crippen LogP contribution is 2.28. The van der Waals surface area contributed by atoms with Gasteiger partial charge in [-0.15, -0.1) is 0 Å². The van der Waals surface area contributed by atoms with E-state index in [1.54, 1.807) is 18.2 Å². The van der Waals surface area contributed by atoms with Crippen molar-refractivity contribution in [3.8, 4) is 6.07 Å². The second-order valence-corrected chi connectivity index (χ2v) is 4.78. The van der Waals surface area contributed by atoms with Gasteiger partial charge >= 0.3 is 0 Å². The second kappa shape index (κ2) is 4.42. The Morgan fingerprint density at radius 1 is 1.35 bits per heavy atom. The number of aryl methyl sites for hydroxylation is 1. The van der Waals surface area contributed by atoms with E-state index in [2.05, 4.69) is 11.1 Å². The molecule has 2 aromatic heterocycles. The van der Waals surface area contributed by atoms with E-state index in [4.69, 9.17) is 15.4 Å². The summed E-state index contributed by atoms with van der Waals surface area (Å²) in [5.74, 6) is 2.08. The van der Waals surface area contributed by atoms with Crippen molar-refractivity contribution in [1.29, 1.82) is 5.26 Å². The van der Waals surface area contributed by atoms with Gasteiger partial charge in [0.25, 0.3) is 0 Å². The highest BCUT2D eigenvalue weighted by molar-refractivity contribution is 5.80. The lowest BCUT2D eigenvalue weighted by Crippen LogP contribution is -2.09. The van der Waals surface area contributed by atoms with Crippen LogP contribution in [-0.4, -0.2) is 9.55 Å². The Balaban J connectivity index is 2.19. The topological polar surface area (TPSA) is 80.8 Å². The molecule has 100 valence electrons. The molecule has 0 radical (unpaired) electrons. The number of imidazole rings is 1. The average Bonchev–Trinajstić information content (AvgIpc) is 3.00. The molecule has 3 aromatic rings. The number of nitrogens with two attached hydrogens (primary N) is 1. The minimum absolute atomic E-state index is 0.0809. The van der Waals surface area contributed by atoms with Crippen LogP contribution in [0.25, 0.3) is 11.0 Å². The summed E-state index contributed by atoms with van der Waals surface area (Å²) in [4.78, 5) is 4.33. The van der Waals surface area contributed by atoms with Crippen LogP contribution in [0.5, 0.6) is 0 Å². The van der Waals surface area contributed by atoms with E-state index in [0.717, 1.165) is 22.6 Å². The summed E-state index contributed by atoms with van der Waals surface area (Å²) in [6.45, 7) is 3.90. The van der Waals surface area contributed by atoms with Gasteiger partial charge in [0.2, 0.25) is 5.95 Å². The minimum atomic E-state index is -0.0809. The maximum Gasteiger partial charge on any atom is 0.201 e. The zero-order valence-electron chi connectivity index (χ0n) is 11.3. The first-order valence-electron chi connectivity index (χ1n) is 6.34. The lowest BCUT2D eigenvalue weighted by atomic mass is 10.2. The number of furan rings is 1. The van der Waals surface area contributed by atoms with Crippen molar-refractivity contribution < 1.29 is 4.42 Å². The number of anilines is 1. The van der Waals surface area contributed by atoms with Crippen molar-refractivity contribution in [2.24, 2.45) is 0 Å². The highest BCUT2D eigenvalue weighted by Gasteiger charge is 2.18. The molecule has 0 fully saturated rings. The normalized spacial score (nSPS) is 12.4. The Morgan fingerprint density at radius 2 is 2.15 bits per heavy atom. The molecule has 5 heteroatoms. The Hall–Kier alpha value is -2.74. The fourth-order valence-electron chi connectivity index (χ4n) is 2.39. The Kier molecular flexibility index (Phi) is 2.72. The fraction of sp³-hybridized carbons (Fsp3) is 0.200. The number of benzene rings is 1. The third kappa shape index (κ3) is 1.82. The van der Waals surface area contributed by atoms with Gasteiger partial charge in [-0.2, -0.15) is 5.26 Å². The van der Waals surface area contributed by atoms with Crippen LogP contribution in [0.3, 0.4) is 0 Å². The van der Waals surface area contributed by atoms with Crippen LogP contribution in [0.2, 0.25) is 0 Å². The summed E-state index contributed by atoms with van der Waals surface area (Å²) < 4.78 is 7.54. The molecule has 0 aliphatic rings. The predicted octanol–water partition coefficient (Wildman–Crippen LogP) is 3.00. The molecule has 0 amide bonds. The maximum absolute atomic E-state index is 9.02. The van der Waals surface area contributed by atoms with E-state index in [0.29, 0.717) is 11.5 Å². The Bertz CT molecular complexity index is 822. The lowest BCUT2D eigenvalue weighted by molar-refractivity contribution is 0.435. The van der Waals surface area contributed by atoms with E-state index in [-0.39, 0.29) is 6.04 Å². The zero-order valence-corrected chi connectivity index (χ0v) is 11.3. The van der Waals surface area contributed by atoms with Crippen molar-refractivity contribution in [3.05, 3.63) is 47.4 Å². The van der Waals surface area contributed by atoms with Crippen LogP contribution in [0.15, 0.2) is 34.7 Å². The molecule has 0 aliphatic carbocycles. The van der Waals surface area contributed by atoms with Crippen LogP contribution in [0, 0.1) is 18.3 Å². The van der Waals surface area contributed by atoms with Gasteiger partial charge in [0.15, 0.2) is 0 Å². The van der Waals surface area contributed by atoms with E-state index in [9.17, 15) is 0 Å². The van der Waals surface area contributed by atoms with Crippen LogP contribution in [-0.2, 0) is 0 Å². The minimum Gasteiger partial charge on any atom is -0.464 e. The van der Waals surface area contributed by atoms with Crippen molar-refractivity contribution in [1.82, 2.24) is 9.55 Å². The molecule has 2 N–H and O–H groups in total. The van der Waals surface area contributed by atoms with Crippen LogP contribution in [0.4, 0.5) is 5.95 Å². The smallest absolute Gasteiger partial charge is 0.201 e. The second-order valence-electron chi connectivity index (χ2n) is 4.78. The van der Waals surface area contributed by atoms with Crippen molar-refractivity contribution in [3.63, 3.8) is 0 Å². The summed E-state index contributed by atoms with van der Waals surface area (Å²) in [6.07, 6.45) is 0. The third-order valence-corrected chi connectivity index (χ3v) is 3.41. The number of rotatable bonds is 2. The predicted molar refractivity (Wildman–Crippen MR) is 76.1 cm³/mol. The van der Waals surface area contributed by atoms with Crippen molar-refractivity contribution in [2.45, 2.75) is 19.9 Å². The molecule has 0 saturated carbocycles. The molecule has 1 aromatic carbocycles. The summed E-state index contributed by atoms with van der Waals surface area (Å²) in [5, 5.41) is 9.02. The molecule has 1 unspecified atom stereocenters. The summed E-state index contributed by atoms with van der Waals surface area (Å²) in [5.41, 5.74) is 8.21. The SMILES string of the molecule is Cc1ccc(C(C)n2c(N)nc3ccc(C#N)cc32)o1. The molecule has 0 bridgehead atoms. The van der Waals surface area contributed by atoms with Crippen molar-refractivity contribution in [2.75, 3.05) is 5.73 Å². The van der Waals surface area contributed by atoms with Gasteiger partial charge in [-0.1, -0.05) is 0 Å². The molecule has 0 aliphatic heterocycles. The van der Waals surface area contributed by atoms with Gasteiger partial charge in [-0.3, -0.25) is 4.57 Å². The van der Waals surface area contributed by atoms with Gasteiger partial charge in [-0.05, 0) is 44.2 Å². The number of aromatic nitrogens is 2. The lowest BCUT2D eigenvalue weighted by Gasteiger charge is -2.13. The zero-order chi connectivity index (χ0) is 14.3. The van der Waals surface area contributed by atoms with Crippen LogP contribution in [0.1, 0.15) is 30.0 Å². The first-order chi connectivity index (χ1) is 9.60. The number of hydrogen-bond acceptors (Lipinski definition) is 4. The summed E-state index contributed by atoms with van der Waals surface area (Å²) in [7, 11) is 0. The molecule has 1 atom stereocenters. The number of fused-ring (bicyclic) bond motifs is 1. The third-order valence-electron chi connectivity index (χ3n) is 3.41. The number of nitriles is 1. The summed E-state index contributed by atoms with van der Waals surface area (Å²) >= 11 is 0. The van der Waals surface area contributed by atoms with Crippen LogP contribution >= 0.6 is 0 Å². The highest BCUT2D eigenvalue weighted by atomic mass is 16.3.